The van der Waals surface area contributed by atoms with Crippen LogP contribution in [0.15, 0.2) is 60.8 Å². The molecule has 2 amide bonds. The quantitative estimate of drug-likeness (QED) is 0.364. The molecule has 40 heavy (non-hydrogen) atoms. The number of alkyl halides is 3. The molecule has 214 valence electrons. The molecule has 2 heterocycles. The molecular weight excluding hydrogens is 519 g/mol. The van der Waals surface area contributed by atoms with Crippen LogP contribution in [0.3, 0.4) is 0 Å². The Bertz CT molecular complexity index is 1330. The first-order valence-corrected chi connectivity index (χ1v) is 13.6. The maximum atomic E-state index is 13.1. The Labute approximate surface area is 232 Å². The van der Waals surface area contributed by atoms with Crippen LogP contribution in [-0.2, 0) is 16.5 Å². The van der Waals surface area contributed by atoms with Crippen LogP contribution in [0.2, 0.25) is 0 Å². The first kappa shape index (κ1) is 29.3. The van der Waals surface area contributed by atoms with Gasteiger partial charge in [-0.2, -0.15) is 18.3 Å². The fraction of sp³-hybridized carbons (Fsp3) is 0.433. The number of anilines is 1. The largest absolute Gasteiger partial charge is 0.416 e. The number of nitrogens with one attached hydrogen (secondary N) is 1. The van der Waals surface area contributed by atoms with E-state index in [1.807, 2.05) is 6.08 Å². The van der Waals surface area contributed by atoms with Crippen LogP contribution >= 0.6 is 0 Å². The normalized spacial score (nSPS) is 18.2. The summed E-state index contributed by atoms with van der Waals surface area (Å²) in [5.74, 6) is -0.562. The molecule has 3 N–H and O–H groups in total. The van der Waals surface area contributed by atoms with Crippen molar-refractivity contribution in [2.45, 2.75) is 57.7 Å². The van der Waals surface area contributed by atoms with Gasteiger partial charge in [0.1, 0.15) is 5.56 Å². The molecule has 10 heteroatoms. The van der Waals surface area contributed by atoms with E-state index in [1.165, 1.54) is 6.07 Å². The van der Waals surface area contributed by atoms with Crippen LogP contribution in [0.25, 0.3) is 5.57 Å². The third-order valence-electron chi connectivity index (χ3n) is 7.86. The molecule has 7 nitrogen and oxygen atoms in total. The summed E-state index contributed by atoms with van der Waals surface area (Å²) in [7, 11) is 0. The molecule has 1 aromatic carbocycles. The Hall–Kier alpha value is -3.66. The number of nitrogens with two attached hydrogens (primary N) is 1. The molecule has 0 bridgehead atoms. The molecule has 1 aliphatic carbocycles. The fourth-order valence-electron chi connectivity index (χ4n) is 5.11. The average Bonchev–Trinajstić information content (AvgIpc) is 3.69. The van der Waals surface area contributed by atoms with E-state index in [1.54, 1.807) is 36.0 Å². The van der Waals surface area contributed by atoms with Crippen molar-refractivity contribution in [3.05, 3.63) is 77.5 Å². The van der Waals surface area contributed by atoms with E-state index < -0.39 is 17.6 Å². The first-order valence-electron chi connectivity index (χ1n) is 13.6. The van der Waals surface area contributed by atoms with Crippen LogP contribution in [0.4, 0.5) is 19.0 Å². The second-order valence-corrected chi connectivity index (χ2v) is 10.6. The number of benzene rings is 1. The zero-order chi connectivity index (χ0) is 29.1. The van der Waals surface area contributed by atoms with Gasteiger partial charge in [0.25, 0.3) is 5.91 Å². The van der Waals surface area contributed by atoms with Crippen LogP contribution in [-0.4, -0.2) is 46.1 Å². The highest BCUT2D eigenvalue weighted by molar-refractivity contribution is 6.02. The van der Waals surface area contributed by atoms with Crippen molar-refractivity contribution >= 4 is 23.2 Å². The van der Waals surface area contributed by atoms with Crippen molar-refractivity contribution in [3.8, 4) is 0 Å². The highest BCUT2D eigenvalue weighted by Gasteiger charge is 2.37. The monoisotopic (exact) mass is 555 g/mol. The predicted octanol–water partition coefficient (Wildman–Crippen LogP) is 5.77. The number of allylic oxidation sites excluding steroid dienone is 3. The molecule has 2 aliphatic rings. The Morgan fingerprint density at radius 2 is 1.93 bits per heavy atom. The van der Waals surface area contributed by atoms with E-state index in [0.29, 0.717) is 17.7 Å². The molecule has 1 aliphatic heterocycles. The number of piperidine rings is 1. The van der Waals surface area contributed by atoms with Gasteiger partial charge in [0.05, 0.1) is 11.1 Å². The van der Waals surface area contributed by atoms with Crippen LogP contribution in [0.1, 0.15) is 67.4 Å². The summed E-state index contributed by atoms with van der Waals surface area (Å²) in [5.41, 5.74) is 6.83. The van der Waals surface area contributed by atoms with Crippen molar-refractivity contribution in [3.63, 3.8) is 0 Å². The molecule has 4 rings (SSSR count). The van der Waals surface area contributed by atoms with E-state index in [9.17, 15) is 22.8 Å². The molecule has 0 radical (unpaired) electrons. The molecule has 1 saturated heterocycles. The number of halogens is 3. The van der Waals surface area contributed by atoms with Gasteiger partial charge in [-0.15, -0.1) is 0 Å². The average molecular weight is 556 g/mol. The summed E-state index contributed by atoms with van der Waals surface area (Å²) in [6, 6.07) is 5.29. The van der Waals surface area contributed by atoms with Crippen molar-refractivity contribution < 1.29 is 22.8 Å². The van der Waals surface area contributed by atoms with Crippen molar-refractivity contribution in [2.75, 3.05) is 25.0 Å². The zero-order valence-electron chi connectivity index (χ0n) is 22.9. The molecule has 1 saturated carbocycles. The minimum Gasteiger partial charge on any atom is -0.365 e. The van der Waals surface area contributed by atoms with Gasteiger partial charge >= 0.3 is 6.18 Å². The SMILES string of the molecule is C=C(/C=C\C(=C/C)c1cccc(C(F)(F)F)c1)CN1CCC(CC)(n2cc(C(N)=O)c(NC(=O)C3CC3)n2)CC1. The number of carbonyl (C=O) groups excluding carboxylic acids is 2. The minimum absolute atomic E-state index is 0.0228. The molecule has 2 aromatic rings. The van der Waals surface area contributed by atoms with Gasteiger partial charge in [-0.25, -0.2) is 0 Å². The van der Waals surface area contributed by atoms with Crippen molar-refractivity contribution in [1.29, 1.82) is 0 Å². The van der Waals surface area contributed by atoms with Crippen LogP contribution in [0.5, 0.6) is 0 Å². The Kier molecular flexibility index (Phi) is 8.68. The lowest BCUT2D eigenvalue weighted by molar-refractivity contribution is -0.137. The molecule has 0 spiro atoms. The molecule has 1 aromatic heterocycles. The minimum atomic E-state index is -4.39. The fourth-order valence-corrected chi connectivity index (χ4v) is 5.11. The molecule has 2 fully saturated rings. The molecular formula is C30H36F3N5O2. The third-order valence-corrected chi connectivity index (χ3v) is 7.86. The lowest BCUT2D eigenvalue weighted by Gasteiger charge is -2.41. The van der Waals surface area contributed by atoms with Gasteiger partial charge in [0, 0.05) is 31.7 Å². The smallest absolute Gasteiger partial charge is 0.365 e. The van der Waals surface area contributed by atoms with Gasteiger partial charge in [-0.05, 0) is 67.9 Å². The number of aromatic nitrogens is 2. The number of rotatable bonds is 10. The lowest BCUT2D eigenvalue weighted by atomic mass is 9.85. The highest BCUT2D eigenvalue weighted by atomic mass is 19.4. The summed E-state index contributed by atoms with van der Waals surface area (Å²) in [6.07, 6.45) is 6.71. The van der Waals surface area contributed by atoms with Crippen LogP contribution in [0, 0.1) is 5.92 Å². The number of hydrogen-bond acceptors (Lipinski definition) is 4. The second kappa shape index (κ2) is 11.8. The topological polar surface area (TPSA) is 93.2 Å². The van der Waals surface area contributed by atoms with Gasteiger partial charge in [-0.3, -0.25) is 19.2 Å². The number of nitrogens with zero attached hydrogens (tertiary/aromatic N) is 3. The number of amides is 2. The molecule has 0 atom stereocenters. The van der Waals surface area contributed by atoms with E-state index in [-0.39, 0.29) is 28.7 Å². The summed E-state index contributed by atoms with van der Waals surface area (Å²) in [5, 5.41) is 7.38. The Morgan fingerprint density at radius 3 is 2.50 bits per heavy atom. The first-order chi connectivity index (χ1) is 19.0. The maximum Gasteiger partial charge on any atom is 0.416 e. The summed E-state index contributed by atoms with van der Waals surface area (Å²) < 4.78 is 41.2. The summed E-state index contributed by atoms with van der Waals surface area (Å²) in [4.78, 5) is 26.6. The summed E-state index contributed by atoms with van der Waals surface area (Å²) >= 11 is 0. The lowest BCUT2D eigenvalue weighted by Crippen LogP contribution is -2.46. The third kappa shape index (κ3) is 6.72. The zero-order valence-corrected chi connectivity index (χ0v) is 22.9. The number of hydrogen-bond donors (Lipinski definition) is 2. The van der Waals surface area contributed by atoms with Gasteiger partial charge in [0.15, 0.2) is 5.82 Å². The van der Waals surface area contributed by atoms with Crippen molar-refractivity contribution in [2.24, 2.45) is 11.7 Å². The Morgan fingerprint density at radius 1 is 1.23 bits per heavy atom. The van der Waals surface area contributed by atoms with E-state index in [4.69, 9.17) is 5.73 Å². The standard InChI is InChI=1S/C30H36F3N5O2/c1-4-21(23-7-6-8-24(17-23)30(31,32)33)10-9-20(3)18-37-15-13-29(5-2,14-16-37)38-19-25(26(34)39)27(36-38)35-28(40)22-11-12-22/h4,6-10,17,19,22H,3,5,11-16,18H2,1-2H3,(H2,34,39)(H,35,36,40)/b10-9-,21-4+. The Balaban J connectivity index is 1.39. The van der Waals surface area contributed by atoms with Gasteiger partial charge in [-0.1, -0.05) is 43.9 Å². The number of likely N-dealkylation sites (tertiary alicyclic amines) is 1. The maximum absolute atomic E-state index is 13.1. The number of carbonyl (C=O) groups is 2. The summed E-state index contributed by atoms with van der Waals surface area (Å²) in [6.45, 7) is 10.2. The molecule has 0 unspecified atom stereocenters. The van der Waals surface area contributed by atoms with E-state index in [2.05, 4.69) is 28.8 Å². The highest BCUT2D eigenvalue weighted by Crippen LogP contribution is 2.36. The van der Waals surface area contributed by atoms with Crippen LogP contribution < -0.4 is 11.1 Å². The van der Waals surface area contributed by atoms with Gasteiger partial charge in [0.2, 0.25) is 5.91 Å². The van der Waals surface area contributed by atoms with Crippen molar-refractivity contribution in [1.82, 2.24) is 14.7 Å². The number of primary amides is 1. The predicted molar refractivity (Wildman–Crippen MR) is 149 cm³/mol. The second-order valence-electron chi connectivity index (χ2n) is 10.6. The van der Waals surface area contributed by atoms with E-state index >= 15 is 0 Å². The van der Waals surface area contributed by atoms with E-state index in [0.717, 1.165) is 62.9 Å². The van der Waals surface area contributed by atoms with Gasteiger partial charge < -0.3 is 11.1 Å².